The van der Waals surface area contributed by atoms with E-state index < -0.39 is 11.1 Å². The van der Waals surface area contributed by atoms with E-state index >= 15 is 0 Å². The van der Waals surface area contributed by atoms with E-state index in [0.717, 1.165) is 11.3 Å². The van der Waals surface area contributed by atoms with Crippen molar-refractivity contribution >= 4 is 40.6 Å². The number of aromatic nitrogens is 2. The Morgan fingerprint density at radius 2 is 2.00 bits per heavy atom. The molecule has 0 saturated heterocycles. The third kappa shape index (κ3) is 3.90. The van der Waals surface area contributed by atoms with Gasteiger partial charge in [-0.2, -0.15) is 5.10 Å². The Balaban J connectivity index is 0.00000180. The quantitative estimate of drug-likeness (QED) is 0.678. The molecule has 0 aliphatic heterocycles. The summed E-state index contributed by atoms with van der Waals surface area (Å²) in [5.74, 6) is 0.779. The zero-order valence-corrected chi connectivity index (χ0v) is 11.0. The van der Waals surface area contributed by atoms with E-state index in [0.29, 0.717) is 17.1 Å². The van der Waals surface area contributed by atoms with Crippen molar-refractivity contribution in [2.24, 2.45) is 0 Å². The van der Waals surface area contributed by atoms with Crippen LogP contribution in [0.3, 0.4) is 0 Å². The Hall–Kier alpha value is -0.660. The number of aryl methyl sites for hydroxylation is 1. The fraction of sp³-hybridized carbons (Fsp3) is 0.250. The van der Waals surface area contributed by atoms with Gasteiger partial charge in [-0.25, -0.2) is 8.89 Å². The van der Waals surface area contributed by atoms with Gasteiger partial charge in [-0.15, -0.1) is 0 Å². The van der Waals surface area contributed by atoms with E-state index in [-0.39, 0.29) is 29.6 Å². The zero-order chi connectivity index (χ0) is 13.1. The molecule has 2 rings (SSSR count). The van der Waals surface area contributed by atoms with E-state index in [1.807, 2.05) is 24.3 Å². The predicted molar refractivity (Wildman–Crippen MR) is 75.2 cm³/mol. The summed E-state index contributed by atoms with van der Waals surface area (Å²) < 4.78 is 27.1. The van der Waals surface area contributed by atoms with Gasteiger partial charge in [-0.3, -0.25) is 0 Å². The first kappa shape index (κ1) is 16.4. The third-order valence-corrected chi connectivity index (χ3v) is 3.48. The van der Waals surface area contributed by atoms with E-state index in [1.165, 1.54) is 4.68 Å². The van der Waals surface area contributed by atoms with Gasteiger partial charge < -0.3 is 9.29 Å². The Morgan fingerprint density at radius 1 is 1.37 bits per heavy atom. The van der Waals surface area contributed by atoms with E-state index in [4.69, 9.17) is 4.74 Å². The van der Waals surface area contributed by atoms with Crippen LogP contribution in [0, 0.1) is 6.92 Å². The number of rotatable bonds is 4. The Morgan fingerprint density at radius 3 is 2.53 bits per heavy atom. The molecule has 0 spiro atoms. The molecule has 0 radical (unpaired) electrons. The van der Waals surface area contributed by atoms with Gasteiger partial charge in [0.05, 0.1) is 19.9 Å². The van der Waals surface area contributed by atoms with Crippen molar-refractivity contribution in [1.82, 2.24) is 9.78 Å². The fourth-order valence-corrected chi connectivity index (χ4v) is 2.33. The van der Waals surface area contributed by atoms with E-state index in [9.17, 15) is 8.76 Å². The molecule has 0 aliphatic carbocycles. The Labute approximate surface area is 136 Å². The van der Waals surface area contributed by atoms with Crippen LogP contribution >= 0.6 is 0 Å². The molecular weight excluding hydrogens is 275 g/mol. The predicted octanol–water partition coefficient (Wildman–Crippen LogP) is 1.18. The summed E-state index contributed by atoms with van der Waals surface area (Å²) in [6.45, 7) is 2.22. The molecule has 2 aromatic rings. The first-order valence-corrected chi connectivity index (χ1v) is 6.48. The van der Waals surface area contributed by atoms with Gasteiger partial charge in [-0.05, 0) is 24.6 Å². The van der Waals surface area contributed by atoms with E-state index in [2.05, 4.69) is 5.10 Å². The molecule has 1 N–H and O–H groups in total. The maximum absolute atomic E-state index is 11.2. The second-order valence-electron chi connectivity index (χ2n) is 3.89. The molecule has 1 unspecified atom stereocenters. The summed E-state index contributed by atoms with van der Waals surface area (Å²) >= 11 is -2.02. The molecule has 1 aromatic carbocycles. The standard InChI is InChI=1S/C12H14N2O3S.Na.H/c1-9-7-13-14(12(9)18(15)16)8-10-3-5-11(17-2)6-4-10;;/h3-7H,8H2,1-2H3,(H,15,16);;. The van der Waals surface area contributed by atoms with Crippen LogP contribution in [0.4, 0.5) is 0 Å². The molecule has 7 heteroatoms. The molecule has 0 bridgehead atoms. The van der Waals surface area contributed by atoms with Crippen molar-refractivity contribution < 1.29 is 13.5 Å². The first-order valence-electron chi connectivity index (χ1n) is 5.38. The third-order valence-electron chi connectivity index (χ3n) is 2.62. The molecule has 0 saturated carbocycles. The molecule has 19 heavy (non-hydrogen) atoms. The van der Waals surface area contributed by atoms with Gasteiger partial charge in [-0.1, -0.05) is 12.1 Å². The second kappa shape index (κ2) is 7.21. The van der Waals surface area contributed by atoms with Crippen molar-refractivity contribution in [2.75, 3.05) is 7.11 Å². The van der Waals surface area contributed by atoms with Crippen molar-refractivity contribution in [1.29, 1.82) is 0 Å². The number of hydrogen-bond donors (Lipinski definition) is 1. The minimum absolute atomic E-state index is 0. The van der Waals surface area contributed by atoms with Crippen LogP contribution in [0.1, 0.15) is 11.1 Å². The SMILES string of the molecule is COc1ccc(Cn2ncc(C)c2S(=O)O)cc1.[NaH]. The number of nitrogens with zero attached hydrogens (tertiary/aromatic N) is 2. The molecule has 0 amide bonds. The summed E-state index contributed by atoms with van der Waals surface area (Å²) in [6.07, 6.45) is 1.59. The molecule has 1 aromatic heterocycles. The second-order valence-corrected chi connectivity index (χ2v) is 4.77. The summed E-state index contributed by atoms with van der Waals surface area (Å²) in [5, 5.41) is 4.45. The zero-order valence-electron chi connectivity index (χ0n) is 10.2. The molecular formula is C12H15N2NaO3S. The van der Waals surface area contributed by atoms with Gasteiger partial charge in [0.2, 0.25) is 11.1 Å². The van der Waals surface area contributed by atoms with Crippen molar-refractivity contribution in [2.45, 2.75) is 18.5 Å². The molecule has 5 nitrogen and oxygen atoms in total. The average molecular weight is 290 g/mol. The van der Waals surface area contributed by atoms with Gasteiger partial charge in [0.25, 0.3) is 0 Å². The molecule has 1 heterocycles. The first-order chi connectivity index (χ1) is 8.61. The Kier molecular flexibility index (Phi) is 6.22. The van der Waals surface area contributed by atoms with Crippen molar-refractivity contribution in [3.63, 3.8) is 0 Å². The van der Waals surface area contributed by atoms with Crippen LogP contribution in [0.2, 0.25) is 0 Å². The molecule has 0 fully saturated rings. The number of methoxy groups -OCH3 is 1. The van der Waals surface area contributed by atoms with Gasteiger partial charge >= 0.3 is 29.6 Å². The van der Waals surface area contributed by atoms with Gasteiger partial charge in [0, 0.05) is 5.56 Å². The number of ether oxygens (including phenoxy) is 1. The van der Waals surface area contributed by atoms with Crippen molar-refractivity contribution in [3.8, 4) is 5.75 Å². The van der Waals surface area contributed by atoms with Crippen LogP contribution < -0.4 is 4.74 Å². The average Bonchev–Trinajstić information content (AvgIpc) is 2.71. The normalized spacial score (nSPS) is 11.7. The summed E-state index contributed by atoms with van der Waals surface area (Å²) in [6, 6.07) is 7.50. The number of hydrogen-bond acceptors (Lipinski definition) is 3. The Bertz CT molecular complexity index is 569. The molecule has 0 aliphatic rings. The molecule has 1 atom stereocenters. The van der Waals surface area contributed by atoms with Crippen LogP contribution in [0.5, 0.6) is 5.75 Å². The maximum atomic E-state index is 11.2. The fourth-order valence-electron chi connectivity index (χ4n) is 1.71. The van der Waals surface area contributed by atoms with E-state index in [1.54, 1.807) is 20.2 Å². The summed E-state index contributed by atoms with van der Waals surface area (Å²) in [5.41, 5.74) is 1.70. The van der Waals surface area contributed by atoms with Crippen LogP contribution in [-0.4, -0.2) is 55.2 Å². The van der Waals surface area contributed by atoms with Gasteiger partial charge in [0.15, 0.2) is 5.03 Å². The van der Waals surface area contributed by atoms with Gasteiger partial charge in [0.1, 0.15) is 5.75 Å². The summed E-state index contributed by atoms with van der Waals surface area (Å²) in [7, 11) is 1.61. The minimum atomic E-state index is -2.02. The van der Waals surface area contributed by atoms with Crippen LogP contribution in [0.15, 0.2) is 35.5 Å². The summed E-state index contributed by atoms with van der Waals surface area (Å²) in [4.78, 5) is 0. The monoisotopic (exact) mass is 290 g/mol. The number of benzene rings is 1. The topological polar surface area (TPSA) is 64.4 Å². The molecule has 98 valence electrons. The van der Waals surface area contributed by atoms with Crippen LogP contribution in [0.25, 0.3) is 0 Å². The van der Waals surface area contributed by atoms with Crippen LogP contribution in [-0.2, 0) is 17.6 Å². The van der Waals surface area contributed by atoms with Crippen molar-refractivity contribution in [3.05, 3.63) is 41.6 Å².